The van der Waals surface area contributed by atoms with Crippen LogP contribution in [0.25, 0.3) is 11.0 Å². The molecule has 2 heterocycles. The van der Waals surface area contributed by atoms with E-state index in [1.54, 1.807) is 7.11 Å². The van der Waals surface area contributed by atoms with Gasteiger partial charge < -0.3 is 15.0 Å². The first kappa shape index (κ1) is 14.0. The number of ether oxygens (including phenoxy) is 1. The van der Waals surface area contributed by atoms with Crippen molar-refractivity contribution in [3.05, 3.63) is 30.1 Å². The van der Waals surface area contributed by atoms with Crippen LogP contribution >= 0.6 is 0 Å². The molecule has 0 spiro atoms. The van der Waals surface area contributed by atoms with Crippen molar-refractivity contribution in [3.8, 4) is 0 Å². The number of pyridine rings is 1. The van der Waals surface area contributed by atoms with Crippen LogP contribution in [0.15, 0.2) is 24.5 Å². The normalized spacial score (nSPS) is 12.2. The van der Waals surface area contributed by atoms with Gasteiger partial charge in [0.05, 0.1) is 5.60 Å². The third-order valence-corrected chi connectivity index (χ3v) is 3.64. The second kappa shape index (κ2) is 5.72. The molecule has 0 bridgehead atoms. The number of fused-ring (bicyclic) bond motifs is 1. The Hall–Kier alpha value is -1.39. The molecule has 2 aromatic rings. The van der Waals surface area contributed by atoms with E-state index in [4.69, 9.17) is 10.5 Å². The predicted octanol–water partition coefficient (Wildman–Crippen LogP) is 2.35. The third-order valence-electron chi connectivity index (χ3n) is 3.64. The SMILES string of the molecule is COC(C)(C)CCn1cc(CCN)c2cccnc21. The maximum absolute atomic E-state index is 5.68. The van der Waals surface area contributed by atoms with Gasteiger partial charge in [-0.05, 0) is 50.9 Å². The Balaban J connectivity index is 2.28. The lowest BCUT2D eigenvalue weighted by Crippen LogP contribution is -2.24. The first-order valence-corrected chi connectivity index (χ1v) is 6.75. The molecular formula is C15H23N3O. The van der Waals surface area contributed by atoms with Crippen LogP contribution in [-0.2, 0) is 17.7 Å². The highest BCUT2D eigenvalue weighted by Gasteiger charge is 2.17. The molecule has 2 rings (SSSR count). The summed E-state index contributed by atoms with van der Waals surface area (Å²) in [6, 6.07) is 4.09. The molecule has 0 aliphatic carbocycles. The number of rotatable bonds is 6. The molecule has 0 fully saturated rings. The smallest absolute Gasteiger partial charge is 0.140 e. The predicted molar refractivity (Wildman–Crippen MR) is 78.2 cm³/mol. The number of hydrogen-bond acceptors (Lipinski definition) is 3. The van der Waals surface area contributed by atoms with Gasteiger partial charge in [-0.3, -0.25) is 0 Å². The Kier molecular flexibility index (Phi) is 4.22. The Morgan fingerprint density at radius 2 is 2.21 bits per heavy atom. The molecule has 0 aliphatic rings. The molecule has 0 radical (unpaired) electrons. The number of hydrogen-bond donors (Lipinski definition) is 1. The maximum Gasteiger partial charge on any atom is 0.140 e. The van der Waals surface area contributed by atoms with Gasteiger partial charge in [-0.25, -0.2) is 4.98 Å². The summed E-state index contributed by atoms with van der Waals surface area (Å²) in [5, 5.41) is 1.21. The topological polar surface area (TPSA) is 53.1 Å². The van der Waals surface area contributed by atoms with Crippen LogP contribution < -0.4 is 5.73 Å². The molecular weight excluding hydrogens is 238 g/mol. The quantitative estimate of drug-likeness (QED) is 0.868. The van der Waals surface area contributed by atoms with Crippen molar-refractivity contribution in [2.45, 2.75) is 38.8 Å². The molecule has 2 aromatic heterocycles. The molecule has 0 aromatic carbocycles. The lowest BCUT2D eigenvalue weighted by Gasteiger charge is -2.23. The van der Waals surface area contributed by atoms with E-state index < -0.39 is 0 Å². The average Bonchev–Trinajstić information content (AvgIpc) is 2.76. The van der Waals surface area contributed by atoms with Crippen LogP contribution in [0.4, 0.5) is 0 Å². The van der Waals surface area contributed by atoms with E-state index in [-0.39, 0.29) is 5.60 Å². The molecule has 2 N–H and O–H groups in total. The third kappa shape index (κ3) is 3.14. The summed E-state index contributed by atoms with van der Waals surface area (Å²) in [5.74, 6) is 0. The molecule has 0 amide bonds. The Morgan fingerprint density at radius 3 is 2.89 bits per heavy atom. The van der Waals surface area contributed by atoms with E-state index in [1.807, 2.05) is 12.3 Å². The maximum atomic E-state index is 5.68. The highest BCUT2D eigenvalue weighted by molar-refractivity contribution is 5.80. The van der Waals surface area contributed by atoms with Crippen LogP contribution in [0, 0.1) is 0 Å². The van der Waals surface area contributed by atoms with E-state index in [0.717, 1.165) is 25.0 Å². The molecule has 4 heteroatoms. The van der Waals surface area contributed by atoms with E-state index in [9.17, 15) is 0 Å². The Labute approximate surface area is 114 Å². The number of nitrogens with zero attached hydrogens (tertiary/aromatic N) is 2. The molecule has 0 unspecified atom stereocenters. The minimum atomic E-state index is -0.112. The van der Waals surface area contributed by atoms with Gasteiger partial charge in [0.1, 0.15) is 5.65 Å². The molecule has 19 heavy (non-hydrogen) atoms. The lowest BCUT2D eigenvalue weighted by atomic mass is 10.1. The summed E-state index contributed by atoms with van der Waals surface area (Å²) >= 11 is 0. The van der Waals surface area contributed by atoms with Crippen LogP contribution in [0.5, 0.6) is 0 Å². The van der Waals surface area contributed by atoms with Crippen molar-refractivity contribution in [1.82, 2.24) is 9.55 Å². The summed E-state index contributed by atoms with van der Waals surface area (Å²) < 4.78 is 7.68. The van der Waals surface area contributed by atoms with E-state index >= 15 is 0 Å². The highest BCUT2D eigenvalue weighted by atomic mass is 16.5. The van der Waals surface area contributed by atoms with Crippen molar-refractivity contribution < 1.29 is 4.74 Å². The fourth-order valence-electron chi connectivity index (χ4n) is 2.21. The van der Waals surface area contributed by atoms with Crippen LogP contribution in [0.2, 0.25) is 0 Å². The minimum absolute atomic E-state index is 0.112. The monoisotopic (exact) mass is 261 g/mol. The largest absolute Gasteiger partial charge is 0.379 e. The van der Waals surface area contributed by atoms with E-state index in [0.29, 0.717) is 6.54 Å². The molecule has 0 saturated heterocycles. The summed E-state index contributed by atoms with van der Waals surface area (Å²) in [4.78, 5) is 4.49. The highest BCUT2D eigenvalue weighted by Crippen LogP contribution is 2.22. The van der Waals surface area contributed by atoms with Gasteiger partial charge in [-0.2, -0.15) is 0 Å². The standard InChI is InChI=1S/C15H23N3O/c1-15(2,19-3)7-10-18-11-12(6-8-16)13-5-4-9-17-14(13)18/h4-5,9,11H,6-8,10,16H2,1-3H3. The molecule has 104 valence electrons. The van der Waals surface area contributed by atoms with Crippen molar-refractivity contribution in [2.75, 3.05) is 13.7 Å². The molecule has 0 saturated carbocycles. The first-order chi connectivity index (χ1) is 9.07. The van der Waals surface area contributed by atoms with Crippen molar-refractivity contribution in [1.29, 1.82) is 0 Å². The van der Waals surface area contributed by atoms with E-state index in [2.05, 4.69) is 35.7 Å². The zero-order valence-electron chi connectivity index (χ0n) is 12.0. The minimum Gasteiger partial charge on any atom is -0.379 e. The second-order valence-electron chi connectivity index (χ2n) is 5.47. The molecule has 0 aliphatic heterocycles. The average molecular weight is 261 g/mol. The summed E-state index contributed by atoms with van der Waals surface area (Å²) in [7, 11) is 1.76. The zero-order chi connectivity index (χ0) is 13.9. The molecule has 4 nitrogen and oxygen atoms in total. The first-order valence-electron chi connectivity index (χ1n) is 6.75. The van der Waals surface area contributed by atoms with Gasteiger partial charge in [0.2, 0.25) is 0 Å². The van der Waals surface area contributed by atoms with Crippen LogP contribution in [0.3, 0.4) is 0 Å². The summed E-state index contributed by atoms with van der Waals surface area (Å²) in [5.41, 5.74) is 7.88. The van der Waals surface area contributed by atoms with Crippen LogP contribution in [-0.4, -0.2) is 28.8 Å². The van der Waals surface area contributed by atoms with Gasteiger partial charge in [0.15, 0.2) is 0 Å². The van der Waals surface area contributed by atoms with Gasteiger partial charge in [0, 0.05) is 31.4 Å². The zero-order valence-corrected chi connectivity index (χ0v) is 12.0. The second-order valence-corrected chi connectivity index (χ2v) is 5.47. The number of aryl methyl sites for hydroxylation is 1. The van der Waals surface area contributed by atoms with Crippen molar-refractivity contribution in [2.24, 2.45) is 5.73 Å². The summed E-state index contributed by atoms with van der Waals surface area (Å²) in [6.45, 7) is 5.77. The van der Waals surface area contributed by atoms with Gasteiger partial charge >= 0.3 is 0 Å². The van der Waals surface area contributed by atoms with Gasteiger partial charge in [-0.1, -0.05) is 0 Å². The van der Waals surface area contributed by atoms with Crippen LogP contribution in [0.1, 0.15) is 25.8 Å². The number of aromatic nitrogens is 2. The lowest BCUT2D eigenvalue weighted by molar-refractivity contribution is 0.0123. The number of methoxy groups -OCH3 is 1. The summed E-state index contributed by atoms with van der Waals surface area (Å²) in [6.07, 6.45) is 5.86. The Morgan fingerprint density at radius 1 is 1.42 bits per heavy atom. The van der Waals surface area contributed by atoms with Crippen molar-refractivity contribution >= 4 is 11.0 Å². The Bertz CT molecular complexity index is 545. The van der Waals surface area contributed by atoms with Gasteiger partial charge in [-0.15, -0.1) is 0 Å². The number of nitrogens with two attached hydrogens (primary N) is 1. The van der Waals surface area contributed by atoms with E-state index in [1.165, 1.54) is 10.9 Å². The molecule has 0 atom stereocenters. The fraction of sp³-hybridized carbons (Fsp3) is 0.533. The van der Waals surface area contributed by atoms with Gasteiger partial charge in [0.25, 0.3) is 0 Å². The van der Waals surface area contributed by atoms with Crippen molar-refractivity contribution in [3.63, 3.8) is 0 Å². The fourth-order valence-corrected chi connectivity index (χ4v) is 2.21.